The normalized spacial score (nSPS) is 11.5. The Morgan fingerprint density at radius 3 is 2.43 bits per heavy atom. The van der Waals surface area contributed by atoms with Gasteiger partial charge in [-0.3, -0.25) is 0 Å². The van der Waals surface area contributed by atoms with Crippen LogP contribution in [-0.4, -0.2) is 19.6 Å². The molecule has 0 radical (unpaired) electrons. The number of halogens is 1. The largest absolute Gasteiger partial charge is 0.383 e. The molecular formula is C15H16BrN5. The summed E-state index contributed by atoms with van der Waals surface area (Å²) in [6.07, 6.45) is 0. The number of rotatable bonds is 2. The zero-order valence-electron chi connectivity index (χ0n) is 12.1. The average Bonchev–Trinajstić information content (AvgIpc) is 2.81. The summed E-state index contributed by atoms with van der Waals surface area (Å²) in [7, 11) is 0. The number of fused-ring (bicyclic) bond motifs is 1. The van der Waals surface area contributed by atoms with Gasteiger partial charge in [-0.2, -0.15) is 9.50 Å². The standard InChI is InChI=1S/C15H16BrN5/c1-8(2)13-12(10-4-6-11(16)7-5-10)14(17)21-15(19-13)18-9(3)20-21/h4-8H,17H2,1-3H3. The highest BCUT2D eigenvalue weighted by Gasteiger charge is 2.19. The fraction of sp³-hybridized carbons (Fsp3) is 0.267. The van der Waals surface area contributed by atoms with Crippen molar-refractivity contribution in [2.75, 3.05) is 5.73 Å². The van der Waals surface area contributed by atoms with Gasteiger partial charge in [0.1, 0.15) is 11.6 Å². The number of benzene rings is 1. The van der Waals surface area contributed by atoms with Crippen molar-refractivity contribution in [3.05, 3.63) is 40.3 Å². The highest BCUT2D eigenvalue weighted by atomic mass is 79.9. The number of hydrogen-bond acceptors (Lipinski definition) is 4. The van der Waals surface area contributed by atoms with E-state index in [4.69, 9.17) is 5.73 Å². The third kappa shape index (κ3) is 2.40. The summed E-state index contributed by atoms with van der Waals surface area (Å²) < 4.78 is 2.64. The second-order valence-electron chi connectivity index (χ2n) is 5.29. The summed E-state index contributed by atoms with van der Waals surface area (Å²) in [5.41, 5.74) is 9.24. The van der Waals surface area contributed by atoms with Crippen LogP contribution in [0.15, 0.2) is 28.7 Å². The first-order chi connectivity index (χ1) is 9.97. The predicted molar refractivity (Wildman–Crippen MR) is 87.2 cm³/mol. The van der Waals surface area contributed by atoms with Crippen molar-refractivity contribution in [1.29, 1.82) is 0 Å². The zero-order chi connectivity index (χ0) is 15.1. The van der Waals surface area contributed by atoms with Crippen molar-refractivity contribution in [3.8, 4) is 11.1 Å². The third-order valence-electron chi connectivity index (χ3n) is 3.34. The first-order valence-electron chi connectivity index (χ1n) is 6.76. The van der Waals surface area contributed by atoms with E-state index in [1.165, 1.54) is 0 Å². The van der Waals surface area contributed by atoms with Gasteiger partial charge in [0.2, 0.25) is 0 Å². The molecule has 0 saturated heterocycles. The van der Waals surface area contributed by atoms with Gasteiger partial charge in [0.25, 0.3) is 5.78 Å². The van der Waals surface area contributed by atoms with Gasteiger partial charge in [0, 0.05) is 10.0 Å². The van der Waals surface area contributed by atoms with Crippen LogP contribution < -0.4 is 5.73 Å². The molecule has 0 amide bonds. The summed E-state index contributed by atoms with van der Waals surface area (Å²) >= 11 is 3.45. The minimum Gasteiger partial charge on any atom is -0.383 e. The summed E-state index contributed by atoms with van der Waals surface area (Å²) in [5.74, 6) is 2.03. The molecular weight excluding hydrogens is 330 g/mol. The molecule has 0 fully saturated rings. The van der Waals surface area contributed by atoms with E-state index in [9.17, 15) is 0 Å². The van der Waals surface area contributed by atoms with E-state index < -0.39 is 0 Å². The van der Waals surface area contributed by atoms with E-state index in [-0.39, 0.29) is 5.92 Å². The number of anilines is 1. The van der Waals surface area contributed by atoms with Crippen LogP contribution in [0.4, 0.5) is 5.82 Å². The van der Waals surface area contributed by atoms with Crippen molar-refractivity contribution in [3.63, 3.8) is 0 Å². The van der Waals surface area contributed by atoms with Crippen LogP contribution in [0.3, 0.4) is 0 Å². The smallest absolute Gasteiger partial charge is 0.254 e. The molecule has 0 aliphatic carbocycles. The van der Waals surface area contributed by atoms with Crippen molar-refractivity contribution in [2.45, 2.75) is 26.7 Å². The molecule has 0 unspecified atom stereocenters. The van der Waals surface area contributed by atoms with Gasteiger partial charge in [0.05, 0.1) is 5.69 Å². The molecule has 0 aliphatic rings. The topological polar surface area (TPSA) is 69.1 Å². The fourth-order valence-corrected chi connectivity index (χ4v) is 2.63. The molecule has 0 spiro atoms. The van der Waals surface area contributed by atoms with Crippen LogP contribution in [0.25, 0.3) is 16.9 Å². The molecule has 0 bridgehead atoms. The lowest BCUT2D eigenvalue weighted by atomic mass is 9.98. The molecule has 0 atom stereocenters. The van der Waals surface area contributed by atoms with Gasteiger partial charge >= 0.3 is 0 Å². The maximum absolute atomic E-state index is 6.35. The molecule has 21 heavy (non-hydrogen) atoms. The molecule has 2 heterocycles. The van der Waals surface area contributed by atoms with Gasteiger partial charge in [-0.15, -0.1) is 5.10 Å². The SMILES string of the molecule is Cc1nc2nc(C(C)C)c(-c3ccc(Br)cc3)c(N)n2n1. The molecule has 3 rings (SSSR count). The minimum atomic E-state index is 0.243. The number of nitrogens with two attached hydrogens (primary N) is 1. The Kier molecular flexibility index (Phi) is 3.41. The third-order valence-corrected chi connectivity index (χ3v) is 3.87. The highest BCUT2D eigenvalue weighted by molar-refractivity contribution is 9.10. The number of aryl methyl sites for hydroxylation is 1. The average molecular weight is 346 g/mol. The minimum absolute atomic E-state index is 0.243. The Morgan fingerprint density at radius 2 is 1.81 bits per heavy atom. The van der Waals surface area contributed by atoms with E-state index in [1.54, 1.807) is 4.52 Å². The Labute approximate surface area is 131 Å². The Bertz CT molecular complexity index is 805. The van der Waals surface area contributed by atoms with E-state index in [0.29, 0.717) is 17.4 Å². The Balaban J connectivity index is 2.35. The number of aromatic nitrogens is 4. The first-order valence-corrected chi connectivity index (χ1v) is 7.55. The van der Waals surface area contributed by atoms with Crippen molar-refractivity contribution < 1.29 is 0 Å². The van der Waals surface area contributed by atoms with Crippen LogP contribution >= 0.6 is 15.9 Å². The van der Waals surface area contributed by atoms with E-state index in [1.807, 2.05) is 31.2 Å². The van der Waals surface area contributed by atoms with Gasteiger partial charge in [-0.1, -0.05) is 41.9 Å². The Hall–Kier alpha value is -1.95. The lowest BCUT2D eigenvalue weighted by Crippen LogP contribution is -2.08. The molecule has 1 aromatic carbocycles. The van der Waals surface area contributed by atoms with Gasteiger partial charge in [-0.05, 0) is 30.5 Å². The molecule has 5 nitrogen and oxygen atoms in total. The first kappa shape index (κ1) is 14.0. The second-order valence-corrected chi connectivity index (χ2v) is 6.21. The summed E-state index contributed by atoms with van der Waals surface area (Å²) in [6, 6.07) is 8.04. The zero-order valence-corrected chi connectivity index (χ0v) is 13.7. The number of nitrogens with zero attached hydrogens (tertiary/aromatic N) is 4. The van der Waals surface area contributed by atoms with Crippen molar-refractivity contribution in [2.24, 2.45) is 0 Å². The Morgan fingerprint density at radius 1 is 1.14 bits per heavy atom. The molecule has 0 aliphatic heterocycles. The van der Waals surface area contributed by atoms with Crippen LogP contribution in [0.5, 0.6) is 0 Å². The maximum atomic E-state index is 6.35. The summed E-state index contributed by atoms with van der Waals surface area (Å²) in [5, 5.41) is 4.33. The molecule has 6 heteroatoms. The van der Waals surface area contributed by atoms with Crippen molar-refractivity contribution >= 4 is 27.5 Å². The molecule has 2 N–H and O–H groups in total. The molecule has 2 aromatic heterocycles. The predicted octanol–water partition coefficient (Wildman–Crippen LogP) is 3.57. The summed E-state index contributed by atoms with van der Waals surface area (Å²) in [4.78, 5) is 8.97. The van der Waals surface area contributed by atoms with E-state index in [0.717, 1.165) is 21.3 Å². The summed E-state index contributed by atoms with van der Waals surface area (Å²) in [6.45, 7) is 6.04. The lowest BCUT2D eigenvalue weighted by Gasteiger charge is -2.15. The number of nitrogen functional groups attached to an aromatic ring is 1. The van der Waals surface area contributed by atoms with Crippen molar-refractivity contribution in [1.82, 2.24) is 19.6 Å². The molecule has 108 valence electrons. The quantitative estimate of drug-likeness (QED) is 0.770. The maximum Gasteiger partial charge on any atom is 0.254 e. The number of hydrogen-bond donors (Lipinski definition) is 1. The van der Waals surface area contributed by atoms with Gasteiger partial charge in [-0.25, -0.2) is 4.98 Å². The second kappa shape index (κ2) is 5.11. The fourth-order valence-electron chi connectivity index (χ4n) is 2.37. The van der Waals surface area contributed by atoms with E-state index >= 15 is 0 Å². The van der Waals surface area contributed by atoms with Crippen LogP contribution in [0.1, 0.15) is 31.3 Å². The molecule has 0 saturated carbocycles. The van der Waals surface area contributed by atoms with Crippen LogP contribution in [0.2, 0.25) is 0 Å². The molecule has 3 aromatic rings. The van der Waals surface area contributed by atoms with Crippen LogP contribution in [0, 0.1) is 6.92 Å². The van der Waals surface area contributed by atoms with Gasteiger partial charge < -0.3 is 5.73 Å². The monoisotopic (exact) mass is 345 g/mol. The van der Waals surface area contributed by atoms with Gasteiger partial charge in [0.15, 0.2) is 0 Å². The van der Waals surface area contributed by atoms with E-state index in [2.05, 4.69) is 44.8 Å². The highest BCUT2D eigenvalue weighted by Crippen LogP contribution is 2.33. The lowest BCUT2D eigenvalue weighted by molar-refractivity contribution is 0.813. The van der Waals surface area contributed by atoms with Crippen LogP contribution in [-0.2, 0) is 0 Å².